The largest absolute Gasteiger partial charge is 0.327 e. The van der Waals surface area contributed by atoms with Gasteiger partial charge in [-0.05, 0) is 68.3 Å². The van der Waals surface area contributed by atoms with Gasteiger partial charge < -0.3 is 4.57 Å². The van der Waals surface area contributed by atoms with Crippen molar-refractivity contribution in [2.75, 3.05) is 0 Å². The number of aryl methyl sites for hydroxylation is 1. The fourth-order valence-corrected chi connectivity index (χ4v) is 15.9. The molecule has 0 N–H and O–H groups in total. The zero-order valence-electron chi connectivity index (χ0n) is 32.6. The van der Waals surface area contributed by atoms with Crippen LogP contribution in [0.4, 0.5) is 0 Å². The van der Waals surface area contributed by atoms with Gasteiger partial charge in [-0.15, -0.1) is 0 Å². The predicted octanol–water partition coefficient (Wildman–Crippen LogP) is 9.90. The van der Waals surface area contributed by atoms with Crippen LogP contribution in [0.2, 0.25) is 0 Å². The molecule has 6 heteroatoms. The Kier molecular flexibility index (Phi) is 7.97. The Morgan fingerprint density at radius 1 is 0.569 bits per heavy atom. The summed E-state index contributed by atoms with van der Waals surface area (Å²) in [4.78, 5) is 13.0. The third-order valence-corrected chi connectivity index (χ3v) is 18.2. The molecule has 0 fully saturated rings. The molecule has 0 spiro atoms. The highest BCUT2D eigenvalue weighted by molar-refractivity contribution is 7.99. The molecule has 0 bridgehead atoms. The Labute approximate surface area is 343 Å². The molecule has 278 valence electrons. The number of pyridine rings is 1. The quantitative estimate of drug-likeness (QED) is 0.125. The average Bonchev–Trinajstić information content (AvgIpc) is 3.79. The van der Waals surface area contributed by atoms with Crippen LogP contribution in [0.25, 0.3) is 50.0 Å². The van der Waals surface area contributed by atoms with Gasteiger partial charge in [0.15, 0.2) is 8.07 Å². The second kappa shape index (κ2) is 13.3. The molecular weight excluding hydrogens is 741 g/mol. The molecule has 4 heterocycles. The van der Waals surface area contributed by atoms with Crippen LogP contribution in [0.3, 0.4) is 0 Å². The summed E-state index contributed by atoms with van der Waals surface area (Å²) in [5.41, 5.74) is 8.98. The number of imidazole rings is 1. The van der Waals surface area contributed by atoms with Crippen LogP contribution in [0.15, 0.2) is 198 Å². The van der Waals surface area contributed by atoms with Crippen molar-refractivity contribution in [3.63, 3.8) is 0 Å². The van der Waals surface area contributed by atoms with Gasteiger partial charge in [-0.25, -0.2) is 9.97 Å². The van der Waals surface area contributed by atoms with E-state index >= 15 is 0 Å². The molecule has 0 unspecified atom stereocenters. The molecule has 11 rings (SSSR count). The van der Waals surface area contributed by atoms with Crippen LogP contribution >= 0.6 is 11.8 Å². The lowest BCUT2D eigenvalue weighted by Crippen LogP contribution is -2.74. The summed E-state index contributed by atoms with van der Waals surface area (Å²) in [5.74, 6) is 0.962. The van der Waals surface area contributed by atoms with Crippen molar-refractivity contribution in [3.8, 4) is 17.1 Å². The van der Waals surface area contributed by atoms with Gasteiger partial charge in [0.1, 0.15) is 11.5 Å². The van der Waals surface area contributed by atoms with Crippen LogP contribution in [-0.4, -0.2) is 27.2 Å². The second-order valence-corrected chi connectivity index (χ2v) is 20.8. The lowest BCUT2D eigenvalue weighted by atomic mass is 9.76. The molecule has 58 heavy (non-hydrogen) atoms. The van der Waals surface area contributed by atoms with E-state index in [4.69, 9.17) is 9.97 Å². The summed E-state index contributed by atoms with van der Waals surface area (Å²) in [7, 11) is -0.839. The zero-order valence-corrected chi connectivity index (χ0v) is 34.4. The van der Waals surface area contributed by atoms with E-state index in [1.807, 2.05) is 11.8 Å². The van der Waals surface area contributed by atoms with Crippen LogP contribution in [0, 0.1) is 0 Å². The number of nitrogens with zero attached hydrogens (tertiary/aromatic N) is 4. The molecule has 0 radical (unpaired) electrons. The Bertz CT molecular complexity index is 3160. The number of para-hydroxylation sites is 3. The van der Waals surface area contributed by atoms with E-state index in [0.717, 1.165) is 39.3 Å². The van der Waals surface area contributed by atoms with Crippen LogP contribution < -0.4 is 20.7 Å². The number of hydrogen-bond donors (Lipinski definition) is 0. The maximum Gasteiger partial charge on any atom is 0.179 e. The van der Waals surface area contributed by atoms with Crippen molar-refractivity contribution in [2.45, 2.75) is 29.1 Å². The van der Waals surface area contributed by atoms with Crippen LogP contribution in [0.5, 0.6) is 0 Å². The standard InChI is InChI=1S/C52H40N4SSi/c1-52(2)42-27-11-15-31-46(42)57-47-34-53-51-48(49(47)52)41-26-10-13-29-44(41)56(51)36-19-17-25-40(33-36)58(37-20-6-4-7-21-37,38-22-8-5-9-23-38)39-24-16-18-35(32-39)50-54-43-28-12-14-30-45(43)55(50)3/h4-34H,1-3H3. The summed E-state index contributed by atoms with van der Waals surface area (Å²) in [6.07, 6.45) is 2.11. The number of hydrogen-bond acceptors (Lipinski definition) is 3. The minimum Gasteiger partial charge on any atom is -0.327 e. The van der Waals surface area contributed by atoms with E-state index in [2.05, 4.69) is 218 Å². The topological polar surface area (TPSA) is 35.6 Å². The van der Waals surface area contributed by atoms with Crippen molar-refractivity contribution in [3.05, 3.63) is 199 Å². The molecule has 3 aromatic heterocycles. The molecule has 7 aromatic carbocycles. The van der Waals surface area contributed by atoms with Crippen molar-refractivity contribution >= 4 is 73.6 Å². The predicted molar refractivity (Wildman–Crippen MR) is 245 cm³/mol. The summed E-state index contributed by atoms with van der Waals surface area (Å²) in [6.45, 7) is 4.75. The Balaban J connectivity index is 1.18. The van der Waals surface area contributed by atoms with Crippen molar-refractivity contribution in [1.82, 2.24) is 19.1 Å². The fourth-order valence-electron chi connectivity index (χ4n) is 9.74. The second-order valence-electron chi connectivity index (χ2n) is 15.9. The molecule has 1 aliphatic heterocycles. The SMILES string of the molecule is Cn1c(-c2cccc([Si](c3ccccc3)(c3ccccc3)c3cccc(-n4c5ccccc5c5c6c(cnc54)Sc4ccccc4C6(C)C)c3)c2)nc2ccccc21. The van der Waals surface area contributed by atoms with Gasteiger partial charge in [0.25, 0.3) is 0 Å². The highest BCUT2D eigenvalue weighted by Gasteiger charge is 2.42. The molecular formula is C52H40N4SSi. The van der Waals surface area contributed by atoms with Gasteiger partial charge in [0.2, 0.25) is 0 Å². The van der Waals surface area contributed by atoms with E-state index in [9.17, 15) is 0 Å². The summed E-state index contributed by atoms with van der Waals surface area (Å²) in [6, 6.07) is 67.0. The van der Waals surface area contributed by atoms with Gasteiger partial charge in [-0.3, -0.25) is 4.57 Å². The van der Waals surface area contributed by atoms with E-state index in [1.54, 1.807) is 0 Å². The van der Waals surface area contributed by atoms with Crippen LogP contribution in [0.1, 0.15) is 25.0 Å². The van der Waals surface area contributed by atoms with Crippen molar-refractivity contribution in [2.24, 2.45) is 7.05 Å². The Hall–Kier alpha value is -6.47. The smallest absolute Gasteiger partial charge is 0.179 e. The monoisotopic (exact) mass is 780 g/mol. The molecule has 0 saturated carbocycles. The average molecular weight is 781 g/mol. The zero-order chi connectivity index (χ0) is 39.0. The maximum atomic E-state index is 5.33. The lowest BCUT2D eigenvalue weighted by Gasteiger charge is -2.35. The summed E-state index contributed by atoms with van der Waals surface area (Å²) >= 11 is 1.84. The van der Waals surface area contributed by atoms with Gasteiger partial charge in [-0.2, -0.15) is 0 Å². The third-order valence-electron chi connectivity index (χ3n) is 12.3. The number of benzene rings is 7. The van der Waals surface area contributed by atoms with Gasteiger partial charge in [0.05, 0.1) is 16.6 Å². The first-order chi connectivity index (χ1) is 28.4. The van der Waals surface area contributed by atoms with E-state index in [0.29, 0.717) is 0 Å². The lowest BCUT2D eigenvalue weighted by molar-refractivity contribution is 0.613. The third kappa shape index (κ3) is 5.08. The van der Waals surface area contributed by atoms with Gasteiger partial charge in [-0.1, -0.05) is 171 Å². The molecule has 4 nitrogen and oxygen atoms in total. The highest BCUT2D eigenvalue weighted by Crippen LogP contribution is 2.52. The summed E-state index contributed by atoms with van der Waals surface area (Å²) in [5, 5.41) is 7.72. The Morgan fingerprint density at radius 2 is 1.19 bits per heavy atom. The van der Waals surface area contributed by atoms with E-state index < -0.39 is 8.07 Å². The molecule has 0 amide bonds. The van der Waals surface area contributed by atoms with Crippen molar-refractivity contribution in [1.29, 1.82) is 0 Å². The maximum absolute atomic E-state index is 5.33. The van der Waals surface area contributed by atoms with Gasteiger partial charge >= 0.3 is 0 Å². The normalized spacial score (nSPS) is 13.5. The first-order valence-electron chi connectivity index (χ1n) is 19.9. The van der Waals surface area contributed by atoms with Gasteiger partial charge in [0, 0.05) is 50.5 Å². The minimum atomic E-state index is -2.96. The van der Waals surface area contributed by atoms with E-state index in [-0.39, 0.29) is 5.41 Å². The fraction of sp³-hybridized carbons (Fsp3) is 0.0769. The Morgan fingerprint density at radius 3 is 1.95 bits per heavy atom. The molecule has 0 atom stereocenters. The number of aromatic nitrogens is 4. The molecule has 10 aromatic rings. The van der Waals surface area contributed by atoms with Crippen molar-refractivity contribution < 1.29 is 0 Å². The molecule has 0 saturated heterocycles. The minimum absolute atomic E-state index is 0.206. The first kappa shape index (κ1) is 34.7. The van der Waals surface area contributed by atoms with E-state index in [1.165, 1.54) is 52.4 Å². The van der Waals surface area contributed by atoms with Crippen LogP contribution in [-0.2, 0) is 12.5 Å². The molecule has 1 aliphatic rings. The summed E-state index contributed by atoms with van der Waals surface area (Å²) < 4.78 is 4.62. The molecule has 0 aliphatic carbocycles. The number of rotatable bonds is 6. The first-order valence-corrected chi connectivity index (χ1v) is 22.7. The number of fused-ring (bicyclic) bond motifs is 7. The highest BCUT2D eigenvalue weighted by atomic mass is 32.2.